The van der Waals surface area contributed by atoms with Crippen molar-refractivity contribution in [2.75, 3.05) is 5.32 Å². The van der Waals surface area contributed by atoms with E-state index in [-0.39, 0.29) is 37.3 Å². The summed E-state index contributed by atoms with van der Waals surface area (Å²) in [6.07, 6.45) is 1.90. The lowest BCUT2D eigenvalue weighted by Gasteiger charge is -2.11. The summed E-state index contributed by atoms with van der Waals surface area (Å²) in [4.78, 5) is 29.5. The summed E-state index contributed by atoms with van der Waals surface area (Å²) in [6, 6.07) is 8.83. The molecule has 0 aliphatic heterocycles. The van der Waals surface area contributed by atoms with Crippen molar-refractivity contribution in [1.82, 2.24) is 9.55 Å². The van der Waals surface area contributed by atoms with Crippen LogP contribution in [0.3, 0.4) is 0 Å². The molecule has 14 heteroatoms. The third-order valence-corrected chi connectivity index (χ3v) is 10.3. The Bertz CT molecular complexity index is 1680. The maximum absolute atomic E-state index is 14.1. The zero-order valence-electron chi connectivity index (χ0n) is 21.1. The highest BCUT2D eigenvalue weighted by atomic mass is 35.5. The second-order valence-electron chi connectivity index (χ2n) is 8.54. The lowest BCUT2D eigenvalue weighted by atomic mass is 10.2. The average molecular weight is 643 g/mol. The highest BCUT2D eigenvalue weighted by Crippen LogP contribution is 2.35. The molecule has 1 N–H and O–H groups in total. The van der Waals surface area contributed by atoms with Gasteiger partial charge in [-0.3, -0.25) is 14.9 Å². The van der Waals surface area contributed by atoms with E-state index in [2.05, 4.69) is 16.9 Å². The lowest BCUT2D eigenvalue weighted by Crippen LogP contribution is -2.17. The van der Waals surface area contributed by atoms with E-state index in [1.54, 1.807) is 30.5 Å². The van der Waals surface area contributed by atoms with E-state index in [0.29, 0.717) is 10.4 Å². The molecular weight excluding hydrogens is 620 g/mol. The summed E-state index contributed by atoms with van der Waals surface area (Å²) in [5.74, 6) is -1.85. The molecule has 8 nitrogen and oxygen atoms in total. The van der Waals surface area contributed by atoms with Crippen LogP contribution in [-0.4, -0.2) is 29.8 Å². The molecule has 40 heavy (non-hydrogen) atoms. The van der Waals surface area contributed by atoms with Crippen LogP contribution in [0.5, 0.6) is 0 Å². The maximum atomic E-state index is 14.1. The van der Waals surface area contributed by atoms with Gasteiger partial charge in [0.1, 0.15) is 32.9 Å². The van der Waals surface area contributed by atoms with Crippen LogP contribution in [0.25, 0.3) is 0 Å². The Hall–Kier alpha value is -3.03. The number of anilines is 1. The first-order valence-electron chi connectivity index (χ1n) is 11.6. The molecule has 3 aromatic heterocycles. The van der Waals surface area contributed by atoms with Crippen molar-refractivity contribution >= 4 is 72.7 Å². The normalized spacial score (nSPS) is 13.0. The standard InChI is InChI=1S/C26H22Cl2FN3O5S3/c1-4-22(21-6-5-9-38-21)40(35,36)17-11-20(32(13-17)12-16-7-8-18(27)19(29)10-16)25(34)31-26-30-23(24(28)39-26)14(2)37-15(3)33/h4-11,13-14,22H,1,12H2,2-3H3,(H,30,31,34). The van der Waals surface area contributed by atoms with Gasteiger partial charge in [-0.15, -0.1) is 17.9 Å². The number of benzene rings is 1. The number of nitrogens with zero attached hydrogens (tertiary/aromatic N) is 2. The average Bonchev–Trinajstić information content (AvgIpc) is 3.62. The third kappa shape index (κ3) is 6.47. The molecule has 2 unspecified atom stereocenters. The van der Waals surface area contributed by atoms with Gasteiger partial charge in [0.2, 0.25) is 0 Å². The van der Waals surface area contributed by atoms with E-state index >= 15 is 0 Å². The van der Waals surface area contributed by atoms with Crippen molar-refractivity contribution in [2.45, 2.75) is 36.6 Å². The Morgan fingerprint density at radius 3 is 2.65 bits per heavy atom. The van der Waals surface area contributed by atoms with Gasteiger partial charge >= 0.3 is 5.97 Å². The van der Waals surface area contributed by atoms with Crippen LogP contribution in [0.2, 0.25) is 9.36 Å². The van der Waals surface area contributed by atoms with E-state index in [9.17, 15) is 22.4 Å². The van der Waals surface area contributed by atoms with Crippen molar-refractivity contribution < 1.29 is 27.1 Å². The van der Waals surface area contributed by atoms with E-state index in [0.717, 1.165) is 11.3 Å². The number of halogens is 3. The minimum atomic E-state index is -4.00. The van der Waals surface area contributed by atoms with Gasteiger partial charge in [-0.25, -0.2) is 17.8 Å². The summed E-state index contributed by atoms with van der Waals surface area (Å²) in [7, 11) is -4.00. The number of thiazole rings is 1. The Balaban J connectivity index is 1.72. The Morgan fingerprint density at radius 1 is 1.27 bits per heavy atom. The summed E-state index contributed by atoms with van der Waals surface area (Å²) >= 11 is 14.3. The van der Waals surface area contributed by atoms with Gasteiger partial charge in [-0.2, -0.15) is 0 Å². The number of aromatic nitrogens is 2. The van der Waals surface area contributed by atoms with Crippen molar-refractivity contribution in [3.63, 3.8) is 0 Å². The van der Waals surface area contributed by atoms with Crippen molar-refractivity contribution in [2.24, 2.45) is 0 Å². The van der Waals surface area contributed by atoms with Gasteiger partial charge in [-0.1, -0.05) is 52.7 Å². The number of amides is 1. The van der Waals surface area contributed by atoms with Crippen LogP contribution in [0.15, 0.2) is 65.5 Å². The molecule has 1 aromatic carbocycles. The third-order valence-electron chi connectivity index (χ3n) is 5.70. The van der Waals surface area contributed by atoms with E-state index in [1.165, 1.54) is 53.3 Å². The number of nitrogens with one attached hydrogen (secondary N) is 1. The topological polar surface area (TPSA) is 107 Å². The van der Waals surface area contributed by atoms with Crippen molar-refractivity contribution in [3.05, 3.63) is 97.6 Å². The van der Waals surface area contributed by atoms with Gasteiger partial charge in [0, 0.05) is 24.5 Å². The Kier molecular flexibility index (Phi) is 9.16. The smallest absolute Gasteiger partial charge is 0.303 e. The number of hydrogen-bond acceptors (Lipinski definition) is 8. The number of hydrogen-bond donors (Lipinski definition) is 1. The van der Waals surface area contributed by atoms with Gasteiger partial charge in [0.05, 0.1) is 9.92 Å². The summed E-state index contributed by atoms with van der Waals surface area (Å²) in [5, 5.41) is 3.40. The van der Waals surface area contributed by atoms with Crippen molar-refractivity contribution in [1.29, 1.82) is 0 Å². The van der Waals surface area contributed by atoms with Crippen LogP contribution in [0, 0.1) is 5.82 Å². The molecule has 3 heterocycles. The van der Waals surface area contributed by atoms with Crippen LogP contribution in [0.4, 0.5) is 9.52 Å². The molecule has 0 fully saturated rings. The lowest BCUT2D eigenvalue weighted by molar-refractivity contribution is -0.145. The molecule has 0 aliphatic rings. The first kappa shape index (κ1) is 29.9. The molecule has 4 aromatic rings. The number of sulfone groups is 1. The van der Waals surface area contributed by atoms with Crippen LogP contribution >= 0.6 is 45.9 Å². The monoisotopic (exact) mass is 641 g/mol. The van der Waals surface area contributed by atoms with Gasteiger partial charge in [0.25, 0.3) is 5.91 Å². The summed E-state index contributed by atoms with van der Waals surface area (Å²) in [6.45, 7) is 6.50. The van der Waals surface area contributed by atoms with Crippen LogP contribution < -0.4 is 5.32 Å². The predicted octanol–water partition coefficient (Wildman–Crippen LogP) is 7.08. The molecule has 0 radical (unpaired) electrons. The maximum Gasteiger partial charge on any atom is 0.303 e. The second kappa shape index (κ2) is 12.2. The molecule has 0 spiro atoms. The molecule has 4 rings (SSSR count). The molecule has 0 saturated carbocycles. The van der Waals surface area contributed by atoms with Gasteiger partial charge < -0.3 is 9.30 Å². The van der Waals surface area contributed by atoms with Gasteiger partial charge in [-0.05, 0) is 42.1 Å². The molecular formula is C26H22Cl2FN3O5S3. The molecule has 1 amide bonds. The first-order valence-corrected chi connectivity index (χ1v) is 15.6. The number of esters is 1. The minimum Gasteiger partial charge on any atom is -0.456 e. The van der Waals surface area contributed by atoms with Gasteiger partial charge in [0.15, 0.2) is 15.0 Å². The molecule has 0 bridgehead atoms. The van der Waals surface area contributed by atoms with E-state index in [1.807, 2.05) is 0 Å². The summed E-state index contributed by atoms with van der Waals surface area (Å²) in [5.41, 5.74) is 0.685. The highest BCUT2D eigenvalue weighted by molar-refractivity contribution is 7.92. The zero-order chi connectivity index (χ0) is 29.2. The fourth-order valence-corrected chi connectivity index (χ4v) is 7.91. The summed E-state index contributed by atoms with van der Waals surface area (Å²) < 4.78 is 48.1. The molecule has 0 saturated heterocycles. The highest BCUT2D eigenvalue weighted by Gasteiger charge is 2.31. The zero-order valence-corrected chi connectivity index (χ0v) is 25.0. The molecule has 2 atom stereocenters. The fraction of sp³-hybridized carbons (Fsp3) is 0.192. The van der Waals surface area contributed by atoms with Crippen LogP contribution in [-0.2, 0) is 25.9 Å². The largest absolute Gasteiger partial charge is 0.456 e. The van der Waals surface area contributed by atoms with Crippen LogP contribution in [0.1, 0.15) is 51.8 Å². The SMILES string of the molecule is C=CC(c1cccs1)S(=O)(=O)c1cc(C(=O)Nc2nc(C(C)OC(C)=O)c(Cl)s2)n(Cc2ccc(Cl)c(F)c2)c1. The van der Waals surface area contributed by atoms with Crippen molar-refractivity contribution in [3.8, 4) is 0 Å². The predicted molar refractivity (Wildman–Crippen MR) is 155 cm³/mol. The number of rotatable bonds is 10. The molecule has 210 valence electrons. The number of carbonyl (C=O) groups excluding carboxylic acids is 2. The number of carbonyl (C=O) groups is 2. The van der Waals surface area contributed by atoms with E-state index < -0.39 is 38.9 Å². The Labute approximate surface area is 248 Å². The number of thiophene rings is 1. The quantitative estimate of drug-likeness (QED) is 0.146. The Morgan fingerprint density at radius 2 is 2.02 bits per heavy atom. The molecule has 0 aliphatic carbocycles. The second-order valence-corrected chi connectivity index (χ2v) is 13.6. The van der Waals surface area contributed by atoms with E-state index in [4.69, 9.17) is 27.9 Å². The fourth-order valence-electron chi connectivity index (χ4n) is 3.87. The number of ether oxygens (including phenoxy) is 1. The first-order chi connectivity index (χ1) is 18.9. The minimum absolute atomic E-state index is 0.0242.